The molecule has 0 aliphatic heterocycles. The Morgan fingerprint density at radius 1 is 1.23 bits per heavy atom. The minimum absolute atomic E-state index is 0.0538. The van der Waals surface area contributed by atoms with Crippen molar-refractivity contribution in [3.63, 3.8) is 0 Å². The van der Waals surface area contributed by atoms with Crippen LogP contribution < -0.4 is 10.3 Å². The Hall–Kier alpha value is -2.68. The second kappa shape index (κ2) is 6.56. The van der Waals surface area contributed by atoms with E-state index in [1.807, 2.05) is 6.92 Å². The van der Waals surface area contributed by atoms with Crippen LogP contribution in [0.3, 0.4) is 0 Å². The van der Waals surface area contributed by atoms with Gasteiger partial charge in [0.1, 0.15) is 22.1 Å². The van der Waals surface area contributed by atoms with Crippen molar-refractivity contribution in [3.8, 4) is 0 Å². The van der Waals surface area contributed by atoms with Gasteiger partial charge in [-0.3, -0.25) is 13.9 Å². The summed E-state index contributed by atoms with van der Waals surface area (Å²) in [6.45, 7) is 5.61. The van der Waals surface area contributed by atoms with Crippen molar-refractivity contribution < 1.29 is 12.8 Å². The van der Waals surface area contributed by atoms with Crippen LogP contribution in [-0.4, -0.2) is 22.6 Å². The van der Waals surface area contributed by atoms with Crippen LogP contribution in [0, 0.1) is 12.7 Å². The van der Waals surface area contributed by atoms with Gasteiger partial charge in [0.05, 0.1) is 0 Å². The predicted octanol–water partition coefficient (Wildman–Crippen LogP) is 2.33. The van der Waals surface area contributed by atoms with Crippen LogP contribution in [0.15, 0.2) is 40.2 Å². The Balaban J connectivity index is 2.10. The van der Waals surface area contributed by atoms with E-state index in [-0.39, 0.29) is 21.7 Å². The number of hydrogen-bond acceptors (Lipinski definition) is 4. The molecule has 1 aromatic carbocycles. The van der Waals surface area contributed by atoms with Crippen LogP contribution in [0.1, 0.15) is 25.2 Å². The quantitative estimate of drug-likeness (QED) is 0.738. The molecule has 26 heavy (non-hydrogen) atoms. The molecule has 0 saturated heterocycles. The normalized spacial score (nSPS) is 11.8. The first-order valence-electron chi connectivity index (χ1n) is 8.18. The molecule has 3 rings (SSSR count). The summed E-state index contributed by atoms with van der Waals surface area (Å²) < 4.78 is 44.0. The number of sulfonamides is 1. The molecule has 2 heterocycles. The second-order valence-corrected chi connectivity index (χ2v) is 7.57. The Bertz CT molecular complexity index is 1150. The van der Waals surface area contributed by atoms with Gasteiger partial charge in [-0.1, -0.05) is 6.92 Å². The number of aromatic nitrogens is 3. The number of aryl methyl sites for hydroxylation is 3. The number of nitrogens with zero attached hydrogens (tertiary/aromatic N) is 3. The van der Waals surface area contributed by atoms with Gasteiger partial charge in [-0.15, -0.1) is 0 Å². The SMILES string of the molecule is CCc1nn(CC)c(=O)c2cc(S(=O)(=O)Nc3ccc(F)c(C)c3)cn12. The Kier molecular flexibility index (Phi) is 4.57. The number of hydrogen-bond donors (Lipinski definition) is 1. The fourth-order valence-electron chi connectivity index (χ4n) is 2.71. The molecule has 0 unspecified atom stereocenters. The lowest BCUT2D eigenvalue weighted by Gasteiger charge is -2.07. The molecule has 3 aromatic rings. The summed E-state index contributed by atoms with van der Waals surface area (Å²) >= 11 is 0. The van der Waals surface area contributed by atoms with E-state index in [0.29, 0.717) is 24.4 Å². The summed E-state index contributed by atoms with van der Waals surface area (Å²) in [5.41, 5.74) is 0.465. The predicted molar refractivity (Wildman–Crippen MR) is 96.4 cm³/mol. The van der Waals surface area contributed by atoms with Crippen molar-refractivity contribution in [1.82, 2.24) is 14.2 Å². The maximum Gasteiger partial charge on any atom is 0.291 e. The highest BCUT2D eigenvalue weighted by molar-refractivity contribution is 7.92. The first-order chi connectivity index (χ1) is 12.3. The number of benzene rings is 1. The van der Waals surface area contributed by atoms with E-state index in [4.69, 9.17) is 0 Å². The molecular weight excluding hydrogens is 359 g/mol. The van der Waals surface area contributed by atoms with Crippen molar-refractivity contribution in [2.45, 2.75) is 38.6 Å². The van der Waals surface area contributed by atoms with Crippen molar-refractivity contribution in [2.24, 2.45) is 0 Å². The van der Waals surface area contributed by atoms with Crippen molar-refractivity contribution in [1.29, 1.82) is 0 Å². The topological polar surface area (TPSA) is 85.5 Å². The smallest absolute Gasteiger partial charge is 0.291 e. The minimum Gasteiger partial charge on any atom is -0.297 e. The zero-order valence-electron chi connectivity index (χ0n) is 14.7. The molecule has 1 N–H and O–H groups in total. The molecule has 138 valence electrons. The van der Waals surface area contributed by atoms with Crippen LogP contribution >= 0.6 is 0 Å². The lowest BCUT2D eigenvalue weighted by atomic mass is 10.2. The van der Waals surface area contributed by atoms with Gasteiger partial charge in [-0.2, -0.15) is 5.10 Å². The zero-order valence-corrected chi connectivity index (χ0v) is 15.5. The highest BCUT2D eigenvalue weighted by Gasteiger charge is 2.20. The van der Waals surface area contributed by atoms with Crippen LogP contribution in [0.4, 0.5) is 10.1 Å². The van der Waals surface area contributed by atoms with E-state index in [9.17, 15) is 17.6 Å². The average molecular weight is 378 g/mol. The van der Waals surface area contributed by atoms with Crippen LogP contribution in [-0.2, 0) is 23.0 Å². The summed E-state index contributed by atoms with van der Waals surface area (Å²) in [6, 6.07) is 5.28. The molecule has 0 atom stereocenters. The maximum atomic E-state index is 13.4. The number of nitrogens with one attached hydrogen (secondary N) is 1. The van der Waals surface area contributed by atoms with Gasteiger partial charge in [-0.25, -0.2) is 17.5 Å². The van der Waals surface area contributed by atoms with Gasteiger partial charge in [0.25, 0.3) is 15.6 Å². The molecule has 0 radical (unpaired) electrons. The number of rotatable bonds is 5. The summed E-state index contributed by atoms with van der Waals surface area (Å²) in [5.74, 6) is 0.168. The number of halogens is 1. The van der Waals surface area contributed by atoms with Gasteiger partial charge in [-0.05, 0) is 43.7 Å². The molecule has 9 heteroatoms. The van der Waals surface area contributed by atoms with Gasteiger partial charge >= 0.3 is 0 Å². The minimum atomic E-state index is -3.94. The summed E-state index contributed by atoms with van der Waals surface area (Å²) in [4.78, 5) is 12.4. The maximum absolute atomic E-state index is 13.4. The molecule has 0 aliphatic rings. The monoisotopic (exact) mass is 378 g/mol. The molecule has 7 nitrogen and oxygen atoms in total. The highest BCUT2D eigenvalue weighted by atomic mass is 32.2. The second-order valence-electron chi connectivity index (χ2n) is 5.89. The van der Waals surface area contributed by atoms with Gasteiger partial charge in [0, 0.05) is 24.8 Å². The average Bonchev–Trinajstić information content (AvgIpc) is 3.05. The van der Waals surface area contributed by atoms with E-state index >= 15 is 0 Å². The van der Waals surface area contributed by atoms with Gasteiger partial charge in [0.15, 0.2) is 0 Å². The third kappa shape index (κ3) is 3.10. The third-order valence-corrected chi connectivity index (χ3v) is 5.45. The number of fused-ring (bicyclic) bond motifs is 1. The Morgan fingerprint density at radius 2 is 1.96 bits per heavy atom. The zero-order chi connectivity index (χ0) is 19.1. The van der Waals surface area contributed by atoms with Gasteiger partial charge < -0.3 is 0 Å². The molecule has 0 fully saturated rings. The molecule has 0 spiro atoms. The molecular formula is C17H19FN4O3S. The molecule has 0 aliphatic carbocycles. The number of anilines is 1. The first kappa shape index (κ1) is 18.1. The highest BCUT2D eigenvalue weighted by Crippen LogP contribution is 2.20. The van der Waals surface area contributed by atoms with Crippen molar-refractivity contribution >= 4 is 21.2 Å². The van der Waals surface area contributed by atoms with E-state index in [2.05, 4.69) is 9.82 Å². The fraction of sp³-hybridized carbons (Fsp3) is 0.294. The van der Waals surface area contributed by atoms with E-state index < -0.39 is 15.8 Å². The molecule has 2 aromatic heterocycles. The molecule has 0 bridgehead atoms. The third-order valence-electron chi connectivity index (χ3n) is 4.10. The summed E-state index contributed by atoms with van der Waals surface area (Å²) in [6.07, 6.45) is 1.91. The summed E-state index contributed by atoms with van der Waals surface area (Å²) in [5, 5.41) is 4.25. The van der Waals surface area contributed by atoms with Crippen molar-refractivity contribution in [2.75, 3.05) is 4.72 Å². The van der Waals surface area contributed by atoms with Crippen LogP contribution in [0.25, 0.3) is 5.52 Å². The lowest BCUT2D eigenvalue weighted by molar-refractivity contribution is 0.583. The van der Waals surface area contributed by atoms with Crippen LogP contribution in [0.2, 0.25) is 0 Å². The van der Waals surface area contributed by atoms with Gasteiger partial charge in [0.2, 0.25) is 0 Å². The summed E-state index contributed by atoms with van der Waals surface area (Å²) in [7, 11) is -3.94. The van der Waals surface area contributed by atoms with E-state index in [1.54, 1.807) is 13.8 Å². The molecule has 0 saturated carbocycles. The van der Waals surface area contributed by atoms with Crippen molar-refractivity contribution in [3.05, 3.63) is 58.0 Å². The molecule has 0 amide bonds. The lowest BCUT2D eigenvalue weighted by Crippen LogP contribution is -2.26. The largest absolute Gasteiger partial charge is 0.297 e. The van der Waals surface area contributed by atoms with E-state index in [0.717, 1.165) is 0 Å². The Labute approximate surface area is 150 Å². The Morgan fingerprint density at radius 3 is 2.58 bits per heavy atom. The first-order valence-corrected chi connectivity index (χ1v) is 9.66. The van der Waals surface area contributed by atoms with E-state index in [1.165, 1.54) is 39.5 Å². The standard InChI is InChI=1S/C17H19FN4O3S/c1-4-16-19-22(5-2)17(23)15-9-13(10-21(15)16)26(24,25)20-12-6-7-14(18)11(3)8-12/h6-10,20H,4-5H2,1-3H3. The van der Waals surface area contributed by atoms with Crippen LogP contribution in [0.5, 0.6) is 0 Å². The fourth-order valence-corrected chi connectivity index (χ4v) is 3.77.